The number of hydrogen-bond acceptors (Lipinski definition) is 3. The van der Waals surface area contributed by atoms with Gasteiger partial charge in [-0.15, -0.1) is 0 Å². The first-order valence-corrected chi connectivity index (χ1v) is 9.82. The molecule has 142 valence electrons. The molecule has 3 N–H and O–H groups in total. The van der Waals surface area contributed by atoms with Gasteiger partial charge in [-0.25, -0.2) is 0 Å². The summed E-state index contributed by atoms with van der Waals surface area (Å²) in [5.74, 6) is -0.193. The molecule has 1 fully saturated rings. The Morgan fingerprint density at radius 3 is 2.73 bits per heavy atom. The highest BCUT2D eigenvalue weighted by molar-refractivity contribution is 5.87. The number of fused-ring (bicyclic) bond motifs is 2. The maximum atomic E-state index is 12.7. The van der Waals surface area contributed by atoms with E-state index in [1.54, 1.807) is 0 Å². The fraction of sp³-hybridized carbons (Fsp3) is 0.619. The first-order valence-electron chi connectivity index (χ1n) is 9.82. The number of rotatable bonds is 4. The molecule has 2 amide bonds. The second kappa shape index (κ2) is 7.78. The van der Waals surface area contributed by atoms with E-state index >= 15 is 0 Å². The third-order valence-electron chi connectivity index (χ3n) is 6.05. The molecule has 1 spiro atoms. The predicted octanol–water partition coefficient (Wildman–Crippen LogP) is 1.98. The van der Waals surface area contributed by atoms with Gasteiger partial charge in [0, 0.05) is 18.5 Å². The fourth-order valence-corrected chi connectivity index (χ4v) is 4.47. The van der Waals surface area contributed by atoms with Crippen molar-refractivity contribution in [1.29, 1.82) is 0 Å². The maximum Gasteiger partial charge on any atom is 0.241 e. The van der Waals surface area contributed by atoms with Crippen LogP contribution in [-0.2, 0) is 21.4 Å². The second-order valence-corrected chi connectivity index (χ2v) is 8.20. The summed E-state index contributed by atoms with van der Waals surface area (Å²) < 4.78 is 0. The van der Waals surface area contributed by atoms with E-state index in [4.69, 9.17) is 5.73 Å². The molecule has 0 bridgehead atoms. The minimum atomic E-state index is -0.569. The number of amides is 2. The van der Waals surface area contributed by atoms with Gasteiger partial charge in [0.2, 0.25) is 11.8 Å². The Kier molecular flexibility index (Phi) is 5.66. The van der Waals surface area contributed by atoms with Crippen LogP contribution in [0.4, 0.5) is 0 Å². The van der Waals surface area contributed by atoms with Crippen molar-refractivity contribution in [3.05, 3.63) is 35.4 Å². The van der Waals surface area contributed by atoms with E-state index in [0.717, 1.165) is 38.8 Å². The Morgan fingerprint density at radius 1 is 1.23 bits per heavy atom. The minimum absolute atomic E-state index is 0.00330. The van der Waals surface area contributed by atoms with Gasteiger partial charge in [-0.3, -0.25) is 9.59 Å². The number of nitrogens with zero attached hydrogens (tertiary/aromatic N) is 1. The van der Waals surface area contributed by atoms with E-state index in [1.165, 1.54) is 17.5 Å². The molecule has 1 aliphatic heterocycles. The Balaban J connectivity index is 1.66. The zero-order chi connectivity index (χ0) is 18.7. The molecule has 1 unspecified atom stereocenters. The first kappa shape index (κ1) is 18.9. The van der Waals surface area contributed by atoms with Gasteiger partial charge in [-0.05, 0) is 49.1 Å². The number of hydrogen-bond donors (Lipinski definition) is 2. The molecule has 5 heteroatoms. The number of carbonyl (C=O) groups excluding carboxylic acids is 2. The highest BCUT2D eigenvalue weighted by Crippen LogP contribution is 2.43. The van der Waals surface area contributed by atoms with Gasteiger partial charge in [-0.1, -0.05) is 38.1 Å². The van der Waals surface area contributed by atoms with Gasteiger partial charge in [0.15, 0.2) is 0 Å². The number of aryl methyl sites for hydroxylation is 1. The zero-order valence-electron chi connectivity index (χ0n) is 16.0. The summed E-state index contributed by atoms with van der Waals surface area (Å²) >= 11 is 0. The molecular formula is C21H31N3O2. The van der Waals surface area contributed by atoms with Crippen LogP contribution in [0.15, 0.2) is 24.3 Å². The van der Waals surface area contributed by atoms with E-state index < -0.39 is 6.04 Å². The topological polar surface area (TPSA) is 75.4 Å². The Bertz CT molecular complexity index is 673. The number of carbonyl (C=O) groups is 2. The molecule has 5 nitrogen and oxygen atoms in total. The number of nitrogens with one attached hydrogen (secondary N) is 1. The molecule has 1 aromatic carbocycles. The average molecular weight is 357 g/mol. The van der Waals surface area contributed by atoms with Crippen LogP contribution in [0, 0.1) is 5.92 Å². The highest BCUT2D eigenvalue weighted by Gasteiger charge is 2.41. The van der Waals surface area contributed by atoms with Crippen molar-refractivity contribution in [2.75, 3.05) is 19.6 Å². The lowest BCUT2D eigenvalue weighted by molar-refractivity contribution is -0.135. The fourth-order valence-electron chi connectivity index (χ4n) is 4.47. The van der Waals surface area contributed by atoms with Crippen molar-refractivity contribution < 1.29 is 9.59 Å². The van der Waals surface area contributed by atoms with Crippen LogP contribution >= 0.6 is 0 Å². The first-order chi connectivity index (χ1) is 12.4. The summed E-state index contributed by atoms with van der Waals surface area (Å²) in [6.07, 6.45) is 5.60. The lowest BCUT2D eigenvalue weighted by Crippen LogP contribution is -2.53. The van der Waals surface area contributed by atoms with Gasteiger partial charge in [-0.2, -0.15) is 0 Å². The Morgan fingerprint density at radius 2 is 1.96 bits per heavy atom. The Hall–Kier alpha value is -1.88. The highest BCUT2D eigenvalue weighted by atomic mass is 16.2. The maximum absolute atomic E-state index is 12.7. The summed E-state index contributed by atoms with van der Waals surface area (Å²) in [5.41, 5.74) is 8.80. The molecule has 1 aliphatic carbocycles. The molecular weight excluding hydrogens is 326 g/mol. The van der Waals surface area contributed by atoms with E-state index in [2.05, 4.69) is 29.6 Å². The molecule has 2 aliphatic rings. The van der Waals surface area contributed by atoms with E-state index in [1.807, 2.05) is 18.7 Å². The van der Waals surface area contributed by atoms with Crippen molar-refractivity contribution in [3.8, 4) is 0 Å². The van der Waals surface area contributed by atoms with Gasteiger partial charge in [0.05, 0.1) is 12.6 Å². The van der Waals surface area contributed by atoms with Gasteiger partial charge >= 0.3 is 0 Å². The number of nitrogens with two attached hydrogens (primary N) is 1. The largest absolute Gasteiger partial charge is 0.346 e. The van der Waals surface area contributed by atoms with Crippen LogP contribution in [0.3, 0.4) is 0 Å². The minimum Gasteiger partial charge on any atom is -0.346 e. The summed E-state index contributed by atoms with van der Waals surface area (Å²) in [7, 11) is 0. The standard InChI is InChI=1S/C21H31N3O2/c1-15(2)19(22)20(26)23-13-18(25)24-12-6-11-21(14-24)10-5-8-16-7-3-4-9-17(16)21/h3-4,7,9,15,19H,5-6,8,10-14,22H2,1-2H3,(H,23,26)/t19-,21?/m0/s1. The van der Waals surface area contributed by atoms with Crippen LogP contribution in [0.25, 0.3) is 0 Å². The number of benzene rings is 1. The van der Waals surface area contributed by atoms with Crippen LogP contribution in [0.2, 0.25) is 0 Å². The summed E-state index contributed by atoms with van der Waals surface area (Å²) in [6, 6.07) is 8.12. The predicted molar refractivity (Wildman–Crippen MR) is 103 cm³/mol. The Labute approximate surface area is 156 Å². The van der Waals surface area contributed by atoms with Gasteiger partial charge < -0.3 is 16.0 Å². The number of piperidine rings is 1. The molecule has 0 aromatic heterocycles. The SMILES string of the molecule is CC(C)[C@H](N)C(=O)NCC(=O)N1CCCC2(CCCc3ccccc32)C1. The van der Waals surface area contributed by atoms with E-state index in [0.29, 0.717) is 0 Å². The van der Waals surface area contributed by atoms with E-state index in [-0.39, 0.29) is 29.7 Å². The molecule has 1 heterocycles. The molecule has 0 saturated carbocycles. The summed E-state index contributed by atoms with van der Waals surface area (Å²) in [5, 5.41) is 2.72. The lowest BCUT2D eigenvalue weighted by atomic mass is 9.66. The quantitative estimate of drug-likeness (QED) is 0.865. The van der Waals surface area contributed by atoms with Crippen LogP contribution in [-0.4, -0.2) is 42.4 Å². The third kappa shape index (κ3) is 3.78. The van der Waals surface area contributed by atoms with E-state index in [9.17, 15) is 9.59 Å². The molecule has 26 heavy (non-hydrogen) atoms. The molecule has 1 aromatic rings. The summed E-state index contributed by atoms with van der Waals surface area (Å²) in [4.78, 5) is 26.7. The third-order valence-corrected chi connectivity index (χ3v) is 6.05. The molecule has 3 rings (SSSR count). The normalized spacial score (nSPS) is 23.6. The number of likely N-dealkylation sites (tertiary alicyclic amines) is 1. The molecule has 1 saturated heterocycles. The lowest BCUT2D eigenvalue weighted by Gasteiger charge is -2.46. The van der Waals surface area contributed by atoms with Crippen molar-refractivity contribution in [3.63, 3.8) is 0 Å². The smallest absolute Gasteiger partial charge is 0.241 e. The van der Waals surface area contributed by atoms with Crippen LogP contribution < -0.4 is 11.1 Å². The van der Waals surface area contributed by atoms with Crippen molar-refractivity contribution in [2.45, 2.75) is 57.4 Å². The van der Waals surface area contributed by atoms with Crippen molar-refractivity contribution in [1.82, 2.24) is 10.2 Å². The van der Waals surface area contributed by atoms with Crippen molar-refractivity contribution >= 4 is 11.8 Å². The van der Waals surface area contributed by atoms with Gasteiger partial charge in [0.25, 0.3) is 0 Å². The average Bonchev–Trinajstić information content (AvgIpc) is 2.65. The molecule has 2 atom stereocenters. The van der Waals surface area contributed by atoms with Crippen LogP contribution in [0.1, 0.15) is 50.7 Å². The monoisotopic (exact) mass is 357 g/mol. The molecule has 0 radical (unpaired) electrons. The zero-order valence-corrected chi connectivity index (χ0v) is 16.0. The van der Waals surface area contributed by atoms with Gasteiger partial charge in [0.1, 0.15) is 0 Å². The van der Waals surface area contributed by atoms with Crippen molar-refractivity contribution in [2.24, 2.45) is 11.7 Å². The summed E-state index contributed by atoms with van der Waals surface area (Å²) in [6.45, 7) is 5.38. The second-order valence-electron chi connectivity index (χ2n) is 8.20. The van der Waals surface area contributed by atoms with Crippen LogP contribution in [0.5, 0.6) is 0 Å².